The van der Waals surface area contributed by atoms with Gasteiger partial charge in [-0.25, -0.2) is 9.97 Å². The molecule has 1 amide bonds. The van der Waals surface area contributed by atoms with E-state index in [2.05, 4.69) is 15.3 Å². The van der Waals surface area contributed by atoms with Crippen molar-refractivity contribution in [2.75, 3.05) is 29.9 Å². The van der Waals surface area contributed by atoms with Crippen molar-refractivity contribution >= 4 is 28.3 Å². The van der Waals surface area contributed by atoms with Gasteiger partial charge in [0, 0.05) is 18.5 Å². The maximum Gasteiger partial charge on any atom is 0.265 e. The molecule has 0 atom stereocenters. The van der Waals surface area contributed by atoms with Crippen LogP contribution in [-0.4, -0.2) is 35.6 Å². The van der Waals surface area contributed by atoms with Gasteiger partial charge in [0.15, 0.2) is 6.61 Å². The number of para-hydroxylation sites is 3. The molecule has 0 spiro atoms. The molecule has 25 heavy (non-hydrogen) atoms. The number of hydrogen-bond donors (Lipinski definition) is 1. The number of ether oxygens (including phenoxy) is 1. The van der Waals surface area contributed by atoms with Gasteiger partial charge in [0.05, 0.1) is 11.2 Å². The standard InChI is InChI=1S/C19H18N4O2/c24-18-12-25-17-9-4-3-8-16(17)23(18)11-5-10-20-19-14-6-1-2-7-15(14)21-13-22-19/h1-4,6-9,13H,5,10-12H2,(H,20,21,22). The summed E-state index contributed by atoms with van der Waals surface area (Å²) in [7, 11) is 0. The summed E-state index contributed by atoms with van der Waals surface area (Å²) < 4.78 is 5.47. The lowest BCUT2D eigenvalue weighted by atomic mass is 10.2. The van der Waals surface area contributed by atoms with E-state index in [1.165, 1.54) is 0 Å². The summed E-state index contributed by atoms with van der Waals surface area (Å²) in [6, 6.07) is 15.5. The fourth-order valence-electron chi connectivity index (χ4n) is 2.99. The van der Waals surface area contributed by atoms with Crippen molar-refractivity contribution in [3.05, 3.63) is 54.9 Å². The van der Waals surface area contributed by atoms with E-state index < -0.39 is 0 Å². The van der Waals surface area contributed by atoms with Crippen molar-refractivity contribution < 1.29 is 9.53 Å². The average molecular weight is 334 g/mol. The third-order valence-electron chi connectivity index (χ3n) is 4.20. The summed E-state index contributed by atoms with van der Waals surface area (Å²) in [6.07, 6.45) is 2.37. The molecule has 6 nitrogen and oxygen atoms in total. The SMILES string of the molecule is O=C1COc2ccccc2N1CCCNc1ncnc2ccccc12. The molecule has 4 rings (SSSR count). The minimum atomic E-state index is -0.00816. The van der Waals surface area contributed by atoms with Gasteiger partial charge in [-0.1, -0.05) is 24.3 Å². The molecule has 6 heteroatoms. The van der Waals surface area contributed by atoms with Crippen LogP contribution in [0.3, 0.4) is 0 Å². The highest BCUT2D eigenvalue weighted by molar-refractivity contribution is 5.97. The molecule has 1 aliphatic rings. The first kappa shape index (κ1) is 15.4. The summed E-state index contributed by atoms with van der Waals surface area (Å²) in [5.41, 5.74) is 1.75. The quantitative estimate of drug-likeness (QED) is 0.727. The maximum absolute atomic E-state index is 12.2. The van der Waals surface area contributed by atoms with Gasteiger partial charge in [-0.05, 0) is 30.7 Å². The van der Waals surface area contributed by atoms with Crippen LogP contribution in [0.5, 0.6) is 5.75 Å². The molecule has 1 aliphatic heterocycles. The molecule has 0 aliphatic carbocycles. The van der Waals surface area contributed by atoms with Crippen LogP contribution in [0, 0.1) is 0 Å². The largest absolute Gasteiger partial charge is 0.482 e. The van der Waals surface area contributed by atoms with Crippen molar-refractivity contribution in [1.29, 1.82) is 0 Å². The highest BCUT2D eigenvalue weighted by Gasteiger charge is 2.24. The van der Waals surface area contributed by atoms with E-state index >= 15 is 0 Å². The van der Waals surface area contributed by atoms with Crippen LogP contribution in [0.15, 0.2) is 54.9 Å². The van der Waals surface area contributed by atoms with Crippen molar-refractivity contribution in [2.24, 2.45) is 0 Å². The highest BCUT2D eigenvalue weighted by atomic mass is 16.5. The van der Waals surface area contributed by atoms with Gasteiger partial charge in [0.25, 0.3) is 5.91 Å². The first-order chi connectivity index (χ1) is 12.3. The normalized spacial score (nSPS) is 13.4. The van der Waals surface area contributed by atoms with Gasteiger partial charge in [-0.3, -0.25) is 4.79 Å². The number of rotatable bonds is 5. The van der Waals surface area contributed by atoms with E-state index in [1.807, 2.05) is 48.5 Å². The van der Waals surface area contributed by atoms with Gasteiger partial charge >= 0.3 is 0 Å². The number of nitrogens with one attached hydrogen (secondary N) is 1. The molecular weight excluding hydrogens is 316 g/mol. The second kappa shape index (κ2) is 6.76. The molecule has 126 valence electrons. The van der Waals surface area contributed by atoms with Gasteiger partial charge < -0.3 is 15.0 Å². The predicted octanol–water partition coefficient (Wildman–Crippen LogP) is 2.86. The Morgan fingerprint density at radius 2 is 1.92 bits per heavy atom. The smallest absolute Gasteiger partial charge is 0.265 e. The van der Waals surface area contributed by atoms with Crippen molar-refractivity contribution in [1.82, 2.24) is 9.97 Å². The molecule has 0 saturated heterocycles. The van der Waals surface area contributed by atoms with Crippen LogP contribution in [0.25, 0.3) is 10.9 Å². The highest BCUT2D eigenvalue weighted by Crippen LogP contribution is 2.31. The zero-order chi connectivity index (χ0) is 17.1. The molecule has 1 aromatic heterocycles. The second-order valence-electron chi connectivity index (χ2n) is 5.82. The second-order valence-corrected chi connectivity index (χ2v) is 5.82. The molecule has 2 aromatic carbocycles. The van der Waals surface area contributed by atoms with E-state index in [4.69, 9.17) is 4.74 Å². The Hall–Kier alpha value is -3.15. The number of fused-ring (bicyclic) bond motifs is 2. The van der Waals surface area contributed by atoms with E-state index in [-0.39, 0.29) is 12.5 Å². The number of carbonyl (C=O) groups excluding carboxylic acids is 1. The third kappa shape index (κ3) is 3.10. The number of amides is 1. The van der Waals surface area contributed by atoms with Crippen molar-refractivity contribution in [3.63, 3.8) is 0 Å². The molecule has 0 radical (unpaired) electrons. The Bertz CT molecular complexity index is 907. The zero-order valence-corrected chi connectivity index (χ0v) is 13.7. The third-order valence-corrected chi connectivity index (χ3v) is 4.20. The lowest BCUT2D eigenvalue weighted by molar-refractivity contribution is -0.121. The average Bonchev–Trinajstić information content (AvgIpc) is 2.66. The minimum absolute atomic E-state index is 0.00816. The molecule has 0 bridgehead atoms. The molecule has 0 saturated carbocycles. The fourth-order valence-corrected chi connectivity index (χ4v) is 2.99. The molecule has 1 N–H and O–H groups in total. The van der Waals surface area contributed by atoms with Crippen LogP contribution in [0.1, 0.15) is 6.42 Å². The van der Waals surface area contributed by atoms with E-state index in [0.29, 0.717) is 13.1 Å². The fraction of sp³-hybridized carbons (Fsp3) is 0.211. The Kier molecular flexibility index (Phi) is 4.16. The minimum Gasteiger partial charge on any atom is -0.482 e. The zero-order valence-electron chi connectivity index (χ0n) is 13.7. The Morgan fingerprint density at radius 1 is 1.08 bits per heavy atom. The first-order valence-corrected chi connectivity index (χ1v) is 8.29. The van der Waals surface area contributed by atoms with Crippen LogP contribution < -0.4 is 15.0 Å². The Labute approximate surface area is 145 Å². The summed E-state index contributed by atoms with van der Waals surface area (Å²) in [6.45, 7) is 1.45. The maximum atomic E-state index is 12.2. The van der Waals surface area contributed by atoms with Gasteiger partial charge in [0.2, 0.25) is 0 Å². The van der Waals surface area contributed by atoms with E-state index in [9.17, 15) is 4.79 Å². The first-order valence-electron chi connectivity index (χ1n) is 8.29. The Morgan fingerprint density at radius 3 is 2.88 bits per heavy atom. The topological polar surface area (TPSA) is 67.3 Å². The van der Waals surface area contributed by atoms with Crippen molar-refractivity contribution in [3.8, 4) is 5.75 Å². The molecule has 2 heterocycles. The van der Waals surface area contributed by atoms with Crippen LogP contribution in [0.2, 0.25) is 0 Å². The monoisotopic (exact) mass is 334 g/mol. The number of hydrogen-bond acceptors (Lipinski definition) is 5. The lowest BCUT2D eigenvalue weighted by Crippen LogP contribution is -2.39. The number of anilines is 2. The lowest BCUT2D eigenvalue weighted by Gasteiger charge is -2.29. The number of benzene rings is 2. The van der Waals surface area contributed by atoms with Gasteiger partial charge in [-0.2, -0.15) is 0 Å². The predicted molar refractivity (Wildman–Crippen MR) is 96.9 cm³/mol. The Balaban J connectivity index is 1.40. The number of aromatic nitrogens is 2. The molecular formula is C19H18N4O2. The number of nitrogens with zero attached hydrogens (tertiary/aromatic N) is 3. The number of carbonyl (C=O) groups is 1. The van der Waals surface area contributed by atoms with Crippen LogP contribution in [0.4, 0.5) is 11.5 Å². The molecule has 0 fully saturated rings. The van der Waals surface area contributed by atoms with Crippen LogP contribution >= 0.6 is 0 Å². The van der Waals surface area contributed by atoms with Crippen molar-refractivity contribution in [2.45, 2.75) is 6.42 Å². The van der Waals surface area contributed by atoms with Gasteiger partial charge in [0.1, 0.15) is 17.9 Å². The molecule has 0 unspecified atom stereocenters. The summed E-state index contributed by atoms with van der Waals surface area (Å²) in [5, 5.41) is 4.34. The van der Waals surface area contributed by atoms with Crippen LogP contribution in [-0.2, 0) is 4.79 Å². The molecule has 3 aromatic rings. The summed E-state index contributed by atoms with van der Waals surface area (Å²) >= 11 is 0. The summed E-state index contributed by atoms with van der Waals surface area (Å²) in [4.78, 5) is 22.5. The summed E-state index contributed by atoms with van der Waals surface area (Å²) in [5.74, 6) is 1.57. The van der Waals surface area contributed by atoms with E-state index in [1.54, 1.807) is 11.2 Å². The van der Waals surface area contributed by atoms with E-state index in [0.717, 1.165) is 34.6 Å². The van der Waals surface area contributed by atoms with Gasteiger partial charge in [-0.15, -0.1) is 0 Å².